The van der Waals surface area contributed by atoms with Gasteiger partial charge in [-0.05, 0) is 56.2 Å². The Morgan fingerprint density at radius 3 is 2.64 bits per heavy atom. The molecule has 1 aliphatic heterocycles. The van der Waals surface area contributed by atoms with E-state index < -0.39 is 0 Å². The van der Waals surface area contributed by atoms with Crippen LogP contribution in [0.5, 0.6) is 0 Å². The summed E-state index contributed by atoms with van der Waals surface area (Å²) in [6.45, 7) is 4.08. The molecular formula is C20H20N4O. The Labute approximate surface area is 146 Å². The molecule has 5 heteroatoms. The molecule has 5 nitrogen and oxygen atoms in total. The summed E-state index contributed by atoms with van der Waals surface area (Å²) in [5.74, 6) is -0.148. The third-order valence-electron chi connectivity index (χ3n) is 4.65. The molecule has 0 aliphatic carbocycles. The van der Waals surface area contributed by atoms with Crippen LogP contribution < -0.4 is 10.2 Å². The topological polar surface area (TPSA) is 58.1 Å². The zero-order chi connectivity index (χ0) is 17.2. The molecule has 25 heavy (non-hydrogen) atoms. The fourth-order valence-electron chi connectivity index (χ4n) is 3.27. The molecule has 1 aromatic carbocycles. The van der Waals surface area contributed by atoms with Gasteiger partial charge in [-0.25, -0.2) is 0 Å². The molecule has 3 heterocycles. The predicted molar refractivity (Wildman–Crippen MR) is 100 cm³/mol. The van der Waals surface area contributed by atoms with Gasteiger partial charge in [0.1, 0.15) is 0 Å². The number of fused-ring (bicyclic) bond motifs is 1. The van der Waals surface area contributed by atoms with Crippen molar-refractivity contribution in [3.63, 3.8) is 0 Å². The molecule has 0 saturated carbocycles. The number of pyridine rings is 2. The Kier molecular flexibility index (Phi) is 4.06. The van der Waals surface area contributed by atoms with Gasteiger partial charge in [0.25, 0.3) is 5.91 Å². The monoisotopic (exact) mass is 332 g/mol. The van der Waals surface area contributed by atoms with Crippen LogP contribution in [-0.2, 0) is 0 Å². The molecule has 0 unspecified atom stereocenters. The number of aryl methyl sites for hydroxylation is 1. The highest BCUT2D eigenvalue weighted by atomic mass is 16.1. The first kappa shape index (κ1) is 15.6. The second-order valence-electron chi connectivity index (χ2n) is 6.38. The van der Waals surface area contributed by atoms with E-state index in [-0.39, 0.29) is 5.91 Å². The van der Waals surface area contributed by atoms with Crippen LogP contribution in [0.15, 0.2) is 48.8 Å². The van der Waals surface area contributed by atoms with Crippen LogP contribution in [0.1, 0.15) is 28.9 Å². The van der Waals surface area contributed by atoms with Gasteiger partial charge in [-0.1, -0.05) is 0 Å². The van der Waals surface area contributed by atoms with Crippen LogP contribution in [0.4, 0.5) is 11.4 Å². The van der Waals surface area contributed by atoms with Crippen molar-refractivity contribution in [3.8, 4) is 0 Å². The highest BCUT2D eigenvalue weighted by Gasteiger charge is 2.14. The summed E-state index contributed by atoms with van der Waals surface area (Å²) in [7, 11) is 0. The molecule has 3 aromatic rings. The van der Waals surface area contributed by atoms with E-state index in [4.69, 9.17) is 0 Å². The third kappa shape index (κ3) is 3.18. The van der Waals surface area contributed by atoms with E-state index in [0.717, 1.165) is 29.7 Å². The predicted octanol–water partition coefficient (Wildman–Crippen LogP) is 3.79. The van der Waals surface area contributed by atoms with E-state index in [1.54, 1.807) is 12.4 Å². The van der Waals surface area contributed by atoms with E-state index >= 15 is 0 Å². The molecule has 1 saturated heterocycles. The average molecular weight is 332 g/mol. The molecule has 0 radical (unpaired) electrons. The van der Waals surface area contributed by atoms with Crippen molar-refractivity contribution >= 4 is 28.2 Å². The summed E-state index contributed by atoms with van der Waals surface area (Å²) in [4.78, 5) is 23.6. The zero-order valence-electron chi connectivity index (χ0n) is 14.2. The van der Waals surface area contributed by atoms with Gasteiger partial charge in [0.2, 0.25) is 0 Å². The van der Waals surface area contributed by atoms with E-state index in [2.05, 4.69) is 32.3 Å². The van der Waals surface area contributed by atoms with Crippen LogP contribution in [0.3, 0.4) is 0 Å². The molecule has 0 spiro atoms. The molecule has 126 valence electrons. The number of amides is 1. The van der Waals surface area contributed by atoms with Gasteiger partial charge in [-0.3, -0.25) is 14.8 Å². The van der Waals surface area contributed by atoms with Gasteiger partial charge < -0.3 is 10.2 Å². The number of anilines is 2. The lowest BCUT2D eigenvalue weighted by Gasteiger charge is -2.18. The van der Waals surface area contributed by atoms with E-state index in [1.807, 2.05) is 31.2 Å². The number of carbonyl (C=O) groups excluding carboxylic acids is 1. The third-order valence-corrected chi connectivity index (χ3v) is 4.65. The highest BCUT2D eigenvalue weighted by molar-refractivity contribution is 6.06. The standard InChI is InChI=1S/C20H20N4O/c1-14-18(12-15-13-21-9-8-19(15)22-14)20(25)23-16-4-6-17(7-5-16)24-10-2-3-11-24/h4-9,12-13H,2-3,10-11H2,1H3,(H,23,25). The number of aromatic nitrogens is 2. The molecule has 4 rings (SSSR count). The Morgan fingerprint density at radius 2 is 1.88 bits per heavy atom. The van der Waals surface area contributed by atoms with Crippen molar-refractivity contribution in [2.75, 3.05) is 23.3 Å². The Bertz CT molecular complexity index is 915. The van der Waals surface area contributed by atoms with Crippen LogP contribution in [0.25, 0.3) is 10.9 Å². The summed E-state index contributed by atoms with van der Waals surface area (Å²) in [5, 5.41) is 3.83. The molecule has 1 amide bonds. The van der Waals surface area contributed by atoms with Crippen LogP contribution >= 0.6 is 0 Å². The Balaban J connectivity index is 1.54. The molecule has 0 bridgehead atoms. The van der Waals surface area contributed by atoms with Gasteiger partial charge in [0, 0.05) is 42.2 Å². The lowest BCUT2D eigenvalue weighted by Crippen LogP contribution is -2.18. The van der Waals surface area contributed by atoms with Gasteiger partial charge in [-0.2, -0.15) is 0 Å². The van der Waals surface area contributed by atoms with Crippen molar-refractivity contribution in [3.05, 3.63) is 60.0 Å². The minimum atomic E-state index is -0.148. The van der Waals surface area contributed by atoms with Crippen molar-refractivity contribution in [2.45, 2.75) is 19.8 Å². The largest absolute Gasteiger partial charge is 0.372 e. The quantitative estimate of drug-likeness (QED) is 0.793. The van der Waals surface area contributed by atoms with Crippen molar-refractivity contribution in [2.24, 2.45) is 0 Å². The van der Waals surface area contributed by atoms with E-state index in [1.165, 1.54) is 18.5 Å². The second-order valence-corrected chi connectivity index (χ2v) is 6.38. The fourth-order valence-corrected chi connectivity index (χ4v) is 3.27. The molecule has 2 aromatic heterocycles. The normalized spacial score (nSPS) is 14.0. The number of benzene rings is 1. The minimum absolute atomic E-state index is 0.148. The maximum absolute atomic E-state index is 12.6. The van der Waals surface area contributed by atoms with E-state index in [0.29, 0.717) is 11.3 Å². The van der Waals surface area contributed by atoms with Gasteiger partial charge in [-0.15, -0.1) is 0 Å². The number of hydrogen-bond donors (Lipinski definition) is 1. The van der Waals surface area contributed by atoms with Crippen molar-refractivity contribution < 1.29 is 4.79 Å². The van der Waals surface area contributed by atoms with Gasteiger partial charge >= 0.3 is 0 Å². The smallest absolute Gasteiger partial charge is 0.257 e. The van der Waals surface area contributed by atoms with Crippen molar-refractivity contribution in [1.82, 2.24) is 9.97 Å². The number of carbonyl (C=O) groups is 1. The Morgan fingerprint density at radius 1 is 1.12 bits per heavy atom. The zero-order valence-corrected chi connectivity index (χ0v) is 14.2. The maximum atomic E-state index is 12.6. The summed E-state index contributed by atoms with van der Waals surface area (Å²) in [6.07, 6.45) is 5.93. The number of nitrogens with zero attached hydrogens (tertiary/aromatic N) is 3. The van der Waals surface area contributed by atoms with Gasteiger partial charge in [0.15, 0.2) is 0 Å². The van der Waals surface area contributed by atoms with Crippen LogP contribution in [-0.4, -0.2) is 29.0 Å². The summed E-state index contributed by atoms with van der Waals surface area (Å²) < 4.78 is 0. The first-order chi connectivity index (χ1) is 12.2. The van der Waals surface area contributed by atoms with Gasteiger partial charge in [0.05, 0.1) is 16.8 Å². The van der Waals surface area contributed by atoms with E-state index in [9.17, 15) is 4.79 Å². The average Bonchev–Trinajstić information content (AvgIpc) is 3.16. The fraction of sp³-hybridized carbons (Fsp3) is 0.250. The Hall–Kier alpha value is -2.95. The number of hydrogen-bond acceptors (Lipinski definition) is 4. The van der Waals surface area contributed by atoms with Crippen LogP contribution in [0, 0.1) is 6.92 Å². The molecule has 1 fully saturated rings. The number of rotatable bonds is 3. The highest BCUT2D eigenvalue weighted by Crippen LogP contribution is 2.23. The molecule has 1 aliphatic rings. The van der Waals surface area contributed by atoms with Crippen LogP contribution in [0.2, 0.25) is 0 Å². The lowest BCUT2D eigenvalue weighted by atomic mass is 10.1. The second kappa shape index (κ2) is 6.51. The summed E-state index contributed by atoms with van der Waals surface area (Å²) in [6, 6.07) is 11.7. The SMILES string of the molecule is Cc1nc2ccncc2cc1C(=O)Nc1ccc(N2CCCC2)cc1. The number of nitrogens with one attached hydrogen (secondary N) is 1. The van der Waals surface area contributed by atoms with Crippen molar-refractivity contribution in [1.29, 1.82) is 0 Å². The first-order valence-corrected chi connectivity index (χ1v) is 8.58. The molecule has 0 atom stereocenters. The first-order valence-electron chi connectivity index (χ1n) is 8.58. The summed E-state index contributed by atoms with van der Waals surface area (Å²) in [5.41, 5.74) is 4.14. The summed E-state index contributed by atoms with van der Waals surface area (Å²) >= 11 is 0. The maximum Gasteiger partial charge on any atom is 0.257 e. The lowest BCUT2D eigenvalue weighted by molar-refractivity contribution is 0.102. The molecule has 1 N–H and O–H groups in total. The molecular weight excluding hydrogens is 312 g/mol. The minimum Gasteiger partial charge on any atom is -0.372 e.